The third-order valence-corrected chi connectivity index (χ3v) is 4.01. The molecule has 0 aliphatic carbocycles. The molecular weight excluding hydrogens is 378 g/mol. The van der Waals surface area contributed by atoms with Gasteiger partial charge in [0.25, 0.3) is 5.91 Å². The van der Waals surface area contributed by atoms with Crippen LogP contribution in [0.5, 0.6) is 0 Å². The second-order valence-electron chi connectivity index (χ2n) is 6.05. The lowest BCUT2D eigenvalue weighted by molar-refractivity contribution is -0.141. The summed E-state index contributed by atoms with van der Waals surface area (Å²) in [6.07, 6.45) is -4.60. The van der Waals surface area contributed by atoms with Gasteiger partial charge in [0.15, 0.2) is 0 Å². The van der Waals surface area contributed by atoms with Crippen LogP contribution in [-0.4, -0.2) is 34.8 Å². The van der Waals surface area contributed by atoms with Gasteiger partial charge in [0.2, 0.25) is 5.91 Å². The molecule has 0 fully saturated rings. The Kier molecular flexibility index (Phi) is 6.71. The molecule has 1 aromatic carbocycles. The molecular formula is C19H19F4N3O2. The number of nitrogens with zero attached hydrogens (tertiary/aromatic N) is 2. The van der Waals surface area contributed by atoms with Crippen LogP contribution in [0.1, 0.15) is 34.2 Å². The van der Waals surface area contributed by atoms with Crippen LogP contribution < -0.4 is 5.32 Å². The Morgan fingerprint density at radius 2 is 1.75 bits per heavy atom. The van der Waals surface area contributed by atoms with E-state index in [1.807, 2.05) is 0 Å². The van der Waals surface area contributed by atoms with Crippen molar-refractivity contribution in [1.29, 1.82) is 0 Å². The van der Waals surface area contributed by atoms with E-state index in [1.54, 1.807) is 6.92 Å². The second kappa shape index (κ2) is 8.81. The van der Waals surface area contributed by atoms with Gasteiger partial charge in [0.05, 0.1) is 17.8 Å². The van der Waals surface area contributed by atoms with Crippen LogP contribution in [0.3, 0.4) is 0 Å². The summed E-state index contributed by atoms with van der Waals surface area (Å²) in [5, 5.41) is 2.61. The summed E-state index contributed by atoms with van der Waals surface area (Å²) >= 11 is 0. The first-order valence-corrected chi connectivity index (χ1v) is 8.47. The molecule has 9 heteroatoms. The zero-order chi connectivity index (χ0) is 20.9. The fourth-order valence-corrected chi connectivity index (χ4v) is 2.47. The van der Waals surface area contributed by atoms with E-state index in [1.165, 1.54) is 36.1 Å². The zero-order valence-electron chi connectivity index (χ0n) is 15.3. The molecule has 28 heavy (non-hydrogen) atoms. The SMILES string of the molecule is CCN(CC(=O)NCc1ccc(F)cc1)C(=O)c1ccc(C(F)(F)F)nc1C. The van der Waals surface area contributed by atoms with E-state index in [-0.39, 0.29) is 30.9 Å². The lowest BCUT2D eigenvalue weighted by atomic mass is 10.1. The highest BCUT2D eigenvalue weighted by molar-refractivity contribution is 5.97. The smallest absolute Gasteiger partial charge is 0.350 e. The number of hydrogen-bond acceptors (Lipinski definition) is 3. The summed E-state index contributed by atoms with van der Waals surface area (Å²) in [7, 11) is 0. The average molecular weight is 397 g/mol. The summed E-state index contributed by atoms with van der Waals surface area (Å²) in [4.78, 5) is 29.3. The maximum Gasteiger partial charge on any atom is 0.433 e. The lowest BCUT2D eigenvalue weighted by Crippen LogP contribution is -2.40. The predicted molar refractivity (Wildman–Crippen MR) is 93.8 cm³/mol. The number of amides is 2. The van der Waals surface area contributed by atoms with E-state index in [2.05, 4.69) is 10.3 Å². The van der Waals surface area contributed by atoms with Gasteiger partial charge in [-0.05, 0) is 43.7 Å². The van der Waals surface area contributed by atoms with Gasteiger partial charge < -0.3 is 10.2 Å². The van der Waals surface area contributed by atoms with Crippen LogP contribution in [0, 0.1) is 12.7 Å². The maximum atomic E-state index is 12.9. The van der Waals surface area contributed by atoms with Gasteiger partial charge >= 0.3 is 6.18 Å². The number of aromatic nitrogens is 1. The van der Waals surface area contributed by atoms with Crippen molar-refractivity contribution >= 4 is 11.8 Å². The summed E-state index contributed by atoms with van der Waals surface area (Å²) in [6.45, 7) is 3.04. The van der Waals surface area contributed by atoms with E-state index in [4.69, 9.17) is 0 Å². The molecule has 0 radical (unpaired) electrons. The summed E-state index contributed by atoms with van der Waals surface area (Å²) in [5.41, 5.74) is -0.459. The molecule has 5 nitrogen and oxygen atoms in total. The number of rotatable bonds is 6. The molecule has 150 valence electrons. The zero-order valence-corrected chi connectivity index (χ0v) is 15.3. The van der Waals surface area contributed by atoms with Gasteiger partial charge in [-0.2, -0.15) is 13.2 Å². The number of pyridine rings is 1. The second-order valence-corrected chi connectivity index (χ2v) is 6.05. The highest BCUT2D eigenvalue weighted by atomic mass is 19.4. The molecule has 2 amide bonds. The monoisotopic (exact) mass is 397 g/mol. The Hall–Kier alpha value is -2.97. The average Bonchev–Trinajstić information content (AvgIpc) is 2.64. The predicted octanol–water partition coefficient (Wildman–Crippen LogP) is 3.33. The number of benzene rings is 1. The maximum absolute atomic E-state index is 12.9. The van der Waals surface area contributed by atoms with Crippen LogP contribution >= 0.6 is 0 Å². The molecule has 0 bridgehead atoms. The Bertz CT molecular complexity index is 851. The van der Waals surface area contributed by atoms with Crippen molar-refractivity contribution in [2.45, 2.75) is 26.6 Å². The van der Waals surface area contributed by atoms with E-state index < -0.39 is 29.5 Å². The first-order chi connectivity index (χ1) is 13.1. The van der Waals surface area contributed by atoms with Crippen LogP contribution in [0.25, 0.3) is 0 Å². The Morgan fingerprint density at radius 3 is 2.29 bits per heavy atom. The number of carbonyl (C=O) groups excluding carboxylic acids is 2. The van der Waals surface area contributed by atoms with Crippen molar-refractivity contribution in [2.24, 2.45) is 0 Å². The van der Waals surface area contributed by atoms with Gasteiger partial charge in [0, 0.05) is 13.1 Å². The van der Waals surface area contributed by atoms with E-state index in [0.29, 0.717) is 5.56 Å². The standard InChI is InChI=1S/C19H19F4N3O2/c1-3-26(11-17(27)24-10-13-4-6-14(20)7-5-13)18(28)15-8-9-16(19(21,22)23)25-12(15)2/h4-9H,3,10-11H2,1-2H3,(H,24,27). The minimum Gasteiger partial charge on any atom is -0.350 e. The molecule has 1 heterocycles. The van der Waals surface area contributed by atoms with Crippen LogP contribution in [0.4, 0.5) is 17.6 Å². The number of aryl methyl sites for hydroxylation is 1. The molecule has 0 aliphatic rings. The minimum atomic E-state index is -4.60. The molecule has 0 saturated heterocycles. The van der Waals surface area contributed by atoms with E-state index in [9.17, 15) is 27.2 Å². The highest BCUT2D eigenvalue weighted by Gasteiger charge is 2.33. The first-order valence-electron chi connectivity index (χ1n) is 8.47. The summed E-state index contributed by atoms with van der Waals surface area (Å²) in [5.74, 6) is -1.42. The van der Waals surface area contributed by atoms with Gasteiger partial charge in [0.1, 0.15) is 11.5 Å². The number of likely N-dealkylation sites (N-methyl/N-ethyl adjacent to an activating group) is 1. The number of carbonyl (C=O) groups is 2. The van der Waals surface area contributed by atoms with Crippen molar-refractivity contribution in [3.63, 3.8) is 0 Å². The number of halogens is 4. The highest BCUT2D eigenvalue weighted by Crippen LogP contribution is 2.28. The molecule has 0 spiro atoms. The molecule has 0 aliphatic heterocycles. The number of nitrogens with one attached hydrogen (secondary N) is 1. The fourth-order valence-electron chi connectivity index (χ4n) is 2.47. The Balaban J connectivity index is 2.02. The minimum absolute atomic E-state index is 0.00110. The van der Waals surface area contributed by atoms with Crippen molar-refractivity contribution < 1.29 is 27.2 Å². The van der Waals surface area contributed by atoms with Crippen LogP contribution in [0.15, 0.2) is 36.4 Å². The molecule has 2 rings (SSSR count). The van der Waals surface area contributed by atoms with Crippen molar-refractivity contribution in [3.05, 3.63) is 64.7 Å². The molecule has 2 aromatic rings. The van der Waals surface area contributed by atoms with Gasteiger partial charge in [-0.1, -0.05) is 12.1 Å². The largest absolute Gasteiger partial charge is 0.433 e. The Morgan fingerprint density at radius 1 is 1.11 bits per heavy atom. The number of hydrogen-bond donors (Lipinski definition) is 1. The number of alkyl halides is 3. The lowest BCUT2D eigenvalue weighted by Gasteiger charge is -2.21. The fraction of sp³-hybridized carbons (Fsp3) is 0.316. The van der Waals surface area contributed by atoms with Gasteiger partial charge in [-0.15, -0.1) is 0 Å². The Labute approximate surface area is 159 Å². The quantitative estimate of drug-likeness (QED) is 0.761. The van der Waals surface area contributed by atoms with E-state index in [0.717, 1.165) is 12.1 Å². The van der Waals surface area contributed by atoms with Crippen molar-refractivity contribution in [3.8, 4) is 0 Å². The van der Waals surface area contributed by atoms with Crippen molar-refractivity contribution in [1.82, 2.24) is 15.2 Å². The molecule has 0 saturated carbocycles. The summed E-state index contributed by atoms with van der Waals surface area (Å²) < 4.78 is 51.0. The molecule has 0 unspecified atom stereocenters. The van der Waals surface area contributed by atoms with Gasteiger partial charge in [-0.25, -0.2) is 9.37 Å². The normalized spacial score (nSPS) is 11.2. The van der Waals surface area contributed by atoms with Crippen molar-refractivity contribution in [2.75, 3.05) is 13.1 Å². The molecule has 0 atom stereocenters. The van der Waals surface area contributed by atoms with Gasteiger partial charge in [-0.3, -0.25) is 9.59 Å². The molecule has 1 aromatic heterocycles. The molecule has 1 N–H and O–H groups in total. The first kappa shape index (κ1) is 21.3. The summed E-state index contributed by atoms with van der Waals surface area (Å²) in [6, 6.07) is 7.38. The van der Waals surface area contributed by atoms with Crippen LogP contribution in [0.2, 0.25) is 0 Å². The van der Waals surface area contributed by atoms with E-state index >= 15 is 0 Å². The topological polar surface area (TPSA) is 62.3 Å². The van der Waals surface area contributed by atoms with Crippen LogP contribution in [-0.2, 0) is 17.5 Å². The third-order valence-electron chi connectivity index (χ3n) is 4.01. The third kappa shape index (κ3) is 5.51.